The van der Waals surface area contributed by atoms with Gasteiger partial charge in [-0.3, -0.25) is 9.69 Å². The molecule has 0 aromatic rings. The van der Waals surface area contributed by atoms with Crippen LogP contribution in [0, 0.1) is 5.92 Å². The van der Waals surface area contributed by atoms with Crippen LogP contribution in [0.4, 0.5) is 0 Å². The molecule has 0 bridgehead atoms. The van der Waals surface area contributed by atoms with E-state index in [4.69, 9.17) is 10.8 Å². The summed E-state index contributed by atoms with van der Waals surface area (Å²) in [7, 11) is 0. The van der Waals surface area contributed by atoms with Crippen LogP contribution < -0.4 is 5.73 Å². The fourth-order valence-corrected chi connectivity index (χ4v) is 3.49. The van der Waals surface area contributed by atoms with Gasteiger partial charge in [-0.2, -0.15) is 0 Å². The Kier molecular flexibility index (Phi) is 3.46. The highest BCUT2D eigenvalue weighted by Crippen LogP contribution is 2.35. The highest BCUT2D eigenvalue weighted by atomic mass is 16.4. The van der Waals surface area contributed by atoms with E-state index in [-0.39, 0.29) is 0 Å². The Bertz CT molecular complexity index is 308. The maximum absolute atomic E-state index is 11.1. The molecule has 4 nitrogen and oxygen atoms in total. The third-order valence-corrected chi connectivity index (χ3v) is 4.61. The van der Waals surface area contributed by atoms with Gasteiger partial charge < -0.3 is 10.8 Å². The molecular formula is C13H24N2O2. The van der Waals surface area contributed by atoms with Crippen LogP contribution in [0.1, 0.15) is 46.0 Å². The van der Waals surface area contributed by atoms with Crippen molar-refractivity contribution in [2.75, 3.05) is 6.54 Å². The van der Waals surface area contributed by atoms with Crippen LogP contribution in [0.5, 0.6) is 0 Å². The molecule has 1 aliphatic carbocycles. The van der Waals surface area contributed by atoms with Gasteiger partial charge in [0.1, 0.15) is 5.54 Å². The predicted octanol–water partition coefficient (Wildman–Crippen LogP) is 1.44. The molecule has 2 aliphatic rings. The topological polar surface area (TPSA) is 66.6 Å². The molecule has 4 heteroatoms. The number of likely N-dealkylation sites (tertiary alicyclic amines) is 1. The van der Waals surface area contributed by atoms with Gasteiger partial charge in [0.2, 0.25) is 0 Å². The van der Waals surface area contributed by atoms with Crippen LogP contribution in [0.25, 0.3) is 0 Å². The van der Waals surface area contributed by atoms with Gasteiger partial charge in [0, 0.05) is 12.1 Å². The summed E-state index contributed by atoms with van der Waals surface area (Å²) in [4.78, 5) is 13.6. The second-order valence-electron chi connectivity index (χ2n) is 6.07. The molecule has 1 saturated heterocycles. The van der Waals surface area contributed by atoms with E-state index < -0.39 is 11.5 Å². The average Bonchev–Trinajstić information content (AvgIpc) is 2.62. The quantitative estimate of drug-likeness (QED) is 0.766. The number of aliphatic carboxylic acids is 1. The van der Waals surface area contributed by atoms with E-state index in [1.165, 1.54) is 12.8 Å². The maximum atomic E-state index is 11.1. The van der Waals surface area contributed by atoms with E-state index >= 15 is 0 Å². The number of piperidine rings is 1. The van der Waals surface area contributed by atoms with Crippen LogP contribution in [0.2, 0.25) is 0 Å². The summed E-state index contributed by atoms with van der Waals surface area (Å²) in [5.74, 6) is -0.0391. The fourth-order valence-electron chi connectivity index (χ4n) is 3.49. The van der Waals surface area contributed by atoms with Crippen LogP contribution in [-0.4, -0.2) is 40.1 Å². The second kappa shape index (κ2) is 4.58. The van der Waals surface area contributed by atoms with E-state index in [0.29, 0.717) is 24.9 Å². The van der Waals surface area contributed by atoms with Gasteiger partial charge in [0.05, 0.1) is 0 Å². The average molecular weight is 240 g/mol. The number of carboxylic acid groups (broad SMARTS) is 1. The SMILES string of the molecule is CC1CCN(C2CCC(N)(C(=O)O)C2)C(C)C1. The van der Waals surface area contributed by atoms with E-state index in [1.54, 1.807) is 0 Å². The third-order valence-electron chi connectivity index (χ3n) is 4.61. The number of nitrogens with zero attached hydrogens (tertiary/aromatic N) is 1. The maximum Gasteiger partial charge on any atom is 0.323 e. The zero-order chi connectivity index (χ0) is 12.6. The molecule has 0 radical (unpaired) electrons. The molecule has 4 unspecified atom stereocenters. The molecule has 0 spiro atoms. The molecule has 3 N–H and O–H groups in total. The third kappa shape index (κ3) is 2.47. The Morgan fingerprint density at radius 2 is 2.12 bits per heavy atom. The Labute approximate surface area is 103 Å². The Morgan fingerprint density at radius 3 is 2.65 bits per heavy atom. The zero-order valence-electron chi connectivity index (χ0n) is 10.9. The van der Waals surface area contributed by atoms with E-state index in [2.05, 4.69) is 18.7 Å². The first-order valence-electron chi connectivity index (χ1n) is 6.70. The number of hydrogen-bond acceptors (Lipinski definition) is 3. The largest absolute Gasteiger partial charge is 0.480 e. The van der Waals surface area contributed by atoms with E-state index in [9.17, 15) is 4.79 Å². The van der Waals surface area contributed by atoms with Crippen LogP contribution in [0.15, 0.2) is 0 Å². The van der Waals surface area contributed by atoms with Crippen LogP contribution in [0.3, 0.4) is 0 Å². The number of carboxylic acids is 1. The van der Waals surface area contributed by atoms with Crippen molar-refractivity contribution in [3.8, 4) is 0 Å². The van der Waals surface area contributed by atoms with E-state index in [0.717, 1.165) is 18.9 Å². The molecule has 0 aromatic carbocycles. The molecule has 17 heavy (non-hydrogen) atoms. The van der Waals surface area contributed by atoms with Crippen molar-refractivity contribution in [3.05, 3.63) is 0 Å². The van der Waals surface area contributed by atoms with Crippen molar-refractivity contribution < 1.29 is 9.90 Å². The monoisotopic (exact) mass is 240 g/mol. The molecular weight excluding hydrogens is 216 g/mol. The first kappa shape index (κ1) is 12.8. The summed E-state index contributed by atoms with van der Waals surface area (Å²) in [6.07, 6.45) is 4.61. The minimum atomic E-state index is -0.979. The van der Waals surface area contributed by atoms with Crippen LogP contribution in [-0.2, 0) is 4.79 Å². The lowest BCUT2D eigenvalue weighted by Gasteiger charge is -2.40. The molecule has 4 atom stereocenters. The summed E-state index contributed by atoms with van der Waals surface area (Å²) in [5.41, 5.74) is 4.97. The van der Waals surface area contributed by atoms with Gasteiger partial charge in [-0.05, 0) is 51.5 Å². The fraction of sp³-hybridized carbons (Fsp3) is 0.923. The lowest BCUT2D eigenvalue weighted by atomic mass is 9.91. The standard InChI is InChI=1S/C13H24N2O2/c1-9-4-6-15(10(2)7-9)11-3-5-13(14,8-11)12(16)17/h9-11H,3-8,14H2,1-2H3,(H,16,17). The van der Waals surface area contributed by atoms with Gasteiger partial charge in [0.25, 0.3) is 0 Å². The minimum absolute atomic E-state index is 0.374. The summed E-state index contributed by atoms with van der Waals surface area (Å²) < 4.78 is 0. The second-order valence-corrected chi connectivity index (χ2v) is 6.07. The summed E-state index contributed by atoms with van der Waals surface area (Å²) in [6, 6.07) is 0.943. The highest BCUT2D eigenvalue weighted by molar-refractivity contribution is 5.79. The molecule has 0 aromatic heterocycles. The molecule has 98 valence electrons. The molecule has 1 aliphatic heterocycles. The zero-order valence-corrected chi connectivity index (χ0v) is 10.9. The Hall–Kier alpha value is -0.610. The van der Waals surface area contributed by atoms with Gasteiger partial charge >= 0.3 is 5.97 Å². The summed E-state index contributed by atoms with van der Waals surface area (Å²) >= 11 is 0. The van der Waals surface area contributed by atoms with E-state index in [1.807, 2.05) is 0 Å². The normalized spacial score (nSPS) is 43.8. The Balaban J connectivity index is 1.99. The van der Waals surface area contributed by atoms with Crippen molar-refractivity contribution >= 4 is 5.97 Å². The summed E-state index contributed by atoms with van der Waals surface area (Å²) in [6.45, 7) is 5.66. The van der Waals surface area contributed by atoms with Crippen molar-refractivity contribution in [3.63, 3.8) is 0 Å². The predicted molar refractivity (Wildman–Crippen MR) is 66.8 cm³/mol. The smallest absolute Gasteiger partial charge is 0.323 e. The Morgan fingerprint density at radius 1 is 1.41 bits per heavy atom. The van der Waals surface area contributed by atoms with Gasteiger partial charge in [-0.1, -0.05) is 6.92 Å². The molecule has 1 heterocycles. The van der Waals surface area contributed by atoms with Gasteiger partial charge in [-0.25, -0.2) is 0 Å². The first-order chi connectivity index (χ1) is 7.92. The number of carbonyl (C=O) groups is 1. The van der Waals surface area contributed by atoms with Gasteiger partial charge in [0.15, 0.2) is 0 Å². The van der Waals surface area contributed by atoms with Crippen molar-refractivity contribution in [1.29, 1.82) is 0 Å². The first-order valence-corrected chi connectivity index (χ1v) is 6.70. The van der Waals surface area contributed by atoms with Crippen LogP contribution >= 0.6 is 0 Å². The summed E-state index contributed by atoms with van der Waals surface area (Å²) in [5, 5.41) is 9.15. The molecule has 2 rings (SSSR count). The lowest BCUT2D eigenvalue weighted by molar-refractivity contribution is -0.143. The van der Waals surface area contributed by atoms with Crippen molar-refractivity contribution in [2.24, 2.45) is 11.7 Å². The number of hydrogen-bond donors (Lipinski definition) is 2. The molecule has 2 fully saturated rings. The highest BCUT2D eigenvalue weighted by Gasteiger charge is 2.45. The number of rotatable bonds is 2. The number of nitrogens with two attached hydrogens (primary N) is 1. The molecule has 0 amide bonds. The van der Waals surface area contributed by atoms with Crippen molar-refractivity contribution in [1.82, 2.24) is 4.90 Å². The minimum Gasteiger partial charge on any atom is -0.480 e. The molecule has 1 saturated carbocycles. The lowest BCUT2D eigenvalue weighted by Crippen LogP contribution is -2.50. The van der Waals surface area contributed by atoms with Gasteiger partial charge in [-0.15, -0.1) is 0 Å². The van der Waals surface area contributed by atoms with Crippen molar-refractivity contribution in [2.45, 2.75) is 63.6 Å².